The molecule has 4 aromatic rings. The fourth-order valence-electron chi connectivity index (χ4n) is 4.08. The van der Waals surface area contributed by atoms with Gasteiger partial charge >= 0.3 is 0 Å². The molecular weight excluding hydrogens is 432 g/mol. The number of hydrogen-bond donors (Lipinski definition) is 2. The Kier molecular flexibility index (Phi) is 6.70. The van der Waals surface area contributed by atoms with Crippen molar-refractivity contribution in [2.45, 2.75) is 26.3 Å². The standard InChI is InChI=1S/C26H26N4O2S/c1-3-7-23-28-22-11-6-10-21(26(33)32-2)24(22)30(23)16-17-12-14-18(15-13-17)19-8-4-5-9-20(19)25(27)29-31/h4-6,8-15,31H,3,7,16H2,1-2H3,(H2,27,29). The Hall–Kier alpha value is -3.71. The maximum Gasteiger partial charge on any atom is 0.193 e. The Morgan fingerprint density at radius 1 is 1.06 bits per heavy atom. The second-order valence-electron chi connectivity index (χ2n) is 7.76. The molecule has 3 N–H and O–H groups in total. The number of thiocarbonyl (C=S) groups is 1. The molecular formula is C26H26N4O2S. The number of nitrogens with two attached hydrogens (primary N) is 1. The number of imidazole rings is 1. The van der Waals surface area contributed by atoms with Crippen LogP contribution in [0.4, 0.5) is 0 Å². The summed E-state index contributed by atoms with van der Waals surface area (Å²) in [4.78, 5) is 4.88. The number of oxime groups is 1. The number of ether oxygens (including phenoxy) is 1. The molecule has 4 rings (SSSR count). The number of aryl methyl sites for hydroxylation is 1. The molecule has 168 valence electrons. The van der Waals surface area contributed by atoms with E-state index >= 15 is 0 Å². The Labute approximate surface area is 198 Å². The van der Waals surface area contributed by atoms with Gasteiger partial charge in [-0.25, -0.2) is 4.98 Å². The SMILES string of the molecule is CCCc1nc2cccc(C(=S)OC)c2n1Cc1ccc(-c2ccccc2/C(N)=N/O)cc1. The summed E-state index contributed by atoms with van der Waals surface area (Å²) in [5, 5.41) is 12.7. The molecule has 33 heavy (non-hydrogen) atoms. The van der Waals surface area contributed by atoms with Gasteiger partial charge in [0.05, 0.1) is 23.7 Å². The van der Waals surface area contributed by atoms with Gasteiger partial charge < -0.3 is 20.2 Å². The molecule has 0 amide bonds. The van der Waals surface area contributed by atoms with Crippen molar-refractivity contribution in [1.82, 2.24) is 9.55 Å². The van der Waals surface area contributed by atoms with E-state index in [9.17, 15) is 0 Å². The van der Waals surface area contributed by atoms with E-state index < -0.39 is 0 Å². The molecule has 0 aliphatic rings. The second-order valence-corrected chi connectivity index (χ2v) is 8.13. The zero-order valence-electron chi connectivity index (χ0n) is 18.7. The van der Waals surface area contributed by atoms with Gasteiger partial charge in [0.15, 0.2) is 10.9 Å². The summed E-state index contributed by atoms with van der Waals surface area (Å²) in [6, 6.07) is 21.9. The normalized spacial score (nSPS) is 11.6. The van der Waals surface area contributed by atoms with Gasteiger partial charge in [0.1, 0.15) is 5.82 Å². The van der Waals surface area contributed by atoms with Crippen LogP contribution in [-0.2, 0) is 17.7 Å². The molecule has 0 bridgehead atoms. The third-order valence-corrected chi connectivity index (χ3v) is 6.03. The van der Waals surface area contributed by atoms with Gasteiger partial charge in [0.2, 0.25) is 0 Å². The fourth-order valence-corrected chi connectivity index (χ4v) is 4.24. The minimum atomic E-state index is 0.0883. The van der Waals surface area contributed by atoms with Gasteiger partial charge in [-0.1, -0.05) is 66.7 Å². The summed E-state index contributed by atoms with van der Waals surface area (Å²) < 4.78 is 7.61. The highest BCUT2D eigenvalue weighted by Crippen LogP contribution is 2.27. The maximum absolute atomic E-state index is 9.12. The van der Waals surface area contributed by atoms with Crippen LogP contribution in [0.25, 0.3) is 22.2 Å². The van der Waals surface area contributed by atoms with Crippen molar-refractivity contribution in [3.05, 3.63) is 89.2 Å². The lowest BCUT2D eigenvalue weighted by molar-refractivity contribution is 0.318. The molecule has 7 heteroatoms. The summed E-state index contributed by atoms with van der Waals surface area (Å²) in [5.41, 5.74) is 12.4. The molecule has 0 fully saturated rings. The van der Waals surface area contributed by atoms with E-state index in [1.54, 1.807) is 7.11 Å². The van der Waals surface area contributed by atoms with Crippen LogP contribution in [0.5, 0.6) is 0 Å². The molecule has 0 unspecified atom stereocenters. The molecule has 3 aromatic carbocycles. The number of nitrogens with zero attached hydrogens (tertiary/aromatic N) is 3. The minimum Gasteiger partial charge on any atom is -0.486 e. The van der Waals surface area contributed by atoms with Crippen LogP contribution < -0.4 is 5.73 Å². The van der Waals surface area contributed by atoms with Crippen LogP contribution in [0, 0.1) is 0 Å². The van der Waals surface area contributed by atoms with Gasteiger partial charge in [-0.15, -0.1) is 0 Å². The molecule has 0 spiro atoms. The number of para-hydroxylation sites is 1. The fraction of sp³-hybridized carbons (Fsp3) is 0.192. The first-order valence-corrected chi connectivity index (χ1v) is 11.2. The van der Waals surface area contributed by atoms with Crippen molar-refractivity contribution in [2.24, 2.45) is 10.9 Å². The summed E-state index contributed by atoms with van der Waals surface area (Å²) in [6.07, 6.45) is 1.87. The number of amidine groups is 1. The van der Waals surface area contributed by atoms with E-state index in [-0.39, 0.29) is 5.84 Å². The number of aromatic nitrogens is 2. The maximum atomic E-state index is 9.12. The van der Waals surface area contributed by atoms with Gasteiger partial charge in [0.25, 0.3) is 0 Å². The lowest BCUT2D eigenvalue weighted by Gasteiger charge is -2.13. The number of methoxy groups -OCH3 is 1. The quantitative estimate of drug-likeness (QED) is 0.132. The van der Waals surface area contributed by atoms with Crippen LogP contribution in [-0.4, -0.2) is 32.8 Å². The average Bonchev–Trinajstić information content (AvgIpc) is 3.20. The van der Waals surface area contributed by atoms with Crippen molar-refractivity contribution in [2.75, 3.05) is 7.11 Å². The number of fused-ring (bicyclic) bond motifs is 1. The second kappa shape index (κ2) is 9.83. The van der Waals surface area contributed by atoms with Crippen LogP contribution in [0.3, 0.4) is 0 Å². The highest BCUT2D eigenvalue weighted by atomic mass is 32.1. The number of benzene rings is 3. The van der Waals surface area contributed by atoms with Gasteiger partial charge in [-0.2, -0.15) is 0 Å². The Bertz CT molecular complexity index is 1330. The van der Waals surface area contributed by atoms with Crippen LogP contribution >= 0.6 is 12.2 Å². The first-order valence-electron chi connectivity index (χ1n) is 10.8. The molecule has 0 saturated heterocycles. The largest absolute Gasteiger partial charge is 0.486 e. The van der Waals surface area contributed by atoms with Crippen molar-refractivity contribution in [3.63, 3.8) is 0 Å². The molecule has 0 atom stereocenters. The van der Waals surface area contributed by atoms with E-state index in [0.29, 0.717) is 17.2 Å². The molecule has 1 aromatic heterocycles. The van der Waals surface area contributed by atoms with E-state index in [1.807, 2.05) is 42.5 Å². The average molecular weight is 459 g/mol. The monoisotopic (exact) mass is 458 g/mol. The predicted molar refractivity (Wildman–Crippen MR) is 136 cm³/mol. The van der Waals surface area contributed by atoms with E-state index in [0.717, 1.165) is 52.0 Å². The van der Waals surface area contributed by atoms with Crippen molar-refractivity contribution in [3.8, 4) is 11.1 Å². The first kappa shape index (κ1) is 22.5. The Morgan fingerprint density at radius 2 is 1.79 bits per heavy atom. The van der Waals surface area contributed by atoms with Crippen molar-refractivity contribution < 1.29 is 9.94 Å². The predicted octanol–water partition coefficient (Wildman–Crippen LogP) is 5.12. The van der Waals surface area contributed by atoms with Crippen molar-refractivity contribution >= 4 is 34.1 Å². The summed E-state index contributed by atoms with van der Waals surface area (Å²) in [6.45, 7) is 2.81. The smallest absolute Gasteiger partial charge is 0.193 e. The van der Waals surface area contributed by atoms with Gasteiger partial charge in [-0.3, -0.25) is 0 Å². The van der Waals surface area contributed by atoms with Crippen LogP contribution in [0.15, 0.2) is 71.9 Å². The van der Waals surface area contributed by atoms with Crippen molar-refractivity contribution in [1.29, 1.82) is 0 Å². The molecule has 0 saturated carbocycles. The van der Waals surface area contributed by atoms with Crippen LogP contribution in [0.2, 0.25) is 0 Å². The zero-order chi connectivity index (χ0) is 23.4. The van der Waals surface area contributed by atoms with E-state index in [2.05, 4.69) is 40.9 Å². The molecule has 6 nitrogen and oxygen atoms in total. The molecule has 0 aliphatic carbocycles. The van der Waals surface area contributed by atoms with Crippen LogP contribution in [0.1, 0.15) is 35.9 Å². The summed E-state index contributed by atoms with van der Waals surface area (Å²) >= 11 is 5.46. The Balaban J connectivity index is 1.74. The zero-order valence-corrected chi connectivity index (χ0v) is 19.5. The van der Waals surface area contributed by atoms with Gasteiger partial charge in [-0.05, 0) is 47.5 Å². The van der Waals surface area contributed by atoms with E-state index in [4.69, 9.17) is 32.9 Å². The van der Waals surface area contributed by atoms with E-state index in [1.165, 1.54) is 0 Å². The lowest BCUT2D eigenvalue weighted by Crippen LogP contribution is -2.14. The highest BCUT2D eigenvalue weighted by molar-refractivity contribution is 7.80. The molecule has 0 aliphatic heterocycles. The Morgan fingerprint density at radius 3 is 2.48 bits per heavy atom. The minimum absolute atomic E-state index is 0.0883. The number of rotatable bonds is 7. The number of hydrogen-bond acceptors (Lipinski definition) is 5. The lowest BCUT2D eigenvalue weighted by atomic mass is 9.98. The third kappa shape index (κ3) is 4.45. The highest BCUT2D eigenvalue weighted by Gasteiger charge is 2.17. The summed E-state index contributed by atoms with van der Waals surface area (Å²) in [5.74, 6) is 1.12. The topological polar surface area (TPSA) is 85.7 Å². The summed E-state index contributed by atoms with van der Waals surface area (Å²) in [7, 11) is 1.60. The third-order valence-electron chi connectivity index (χ3n) is 5.64. The van der Waals surface area contributed by atoms with Gasteiger partial charge in [0, 0.05) is 18.5 Å². The molecule has 1 heterocycles. The first-order chi connectivity index (χ1) is 16.1. The molecule has 0 radical (unpaired) electrons.